The summed E-state index contributed by atoms with van der Waals surface area (Å²) in [7, 11) is 1.86. The molecule has 1 heterocycles. The number of halogens is 1. The van der Waals surface area contributed by atoms with Gasteiger partial charge in [-0.05, 0) is 43.2 Å². The standard InChI is InChI=1S/C16H17BrN2O2/c1-10-8-11(2)18-15(14(10)16(20)21)19(3)9-12-4-6-13(17)7-5-12/h4-8H,9H2,1-3H3,(H,20,21). The first kappa shape index (κ1) is 15.5. The molecule has 0 unspecified atom stereocenters. The van der Waals surface area contributed by atoms with E-state index < -0.39 is 5.97 Å². The van der Waals surface area contributed by atoms with Crippen molar-refractivity contribution in [1.29, 1.82) is 0 Å². The van der Waals surface area contributed by atoms with Crippen molar-refractivity contribution in [1.82, 2.24) is 4.98 Å². The summed E-state index contributed by atoms with van der Waals surface area (Å²) in [4.78, 5) is 17.8. The third-order valence-corrected chi connectivity index (χ3v) is 3.76. The van der Waals surface area contributed by atoms with Crippen LogP contribution in [0, 0.1) is 13.8 Å². The average molecular weight is 349 g/mol. The van der Waals surface area contributed by atoms with E-state index in [1.54, 1.807) is 13.0 Å². The van der Waals surface area contributed by atoms with Crippen molar-refractivity contribution in [3.8, 4) is 0 Å². The van der Waals surface area contributed by atoms with E-state index in [1.807, 2.05) is 43.1 Å². The Bertz CT molecular complexity index is 669. The summed E-state index contributed by atoms with van der Waals surface area (Å²) >= 11 is 3.40. The number of benzene rings is 1. The predicted molar refractivity (Wildman–Crippen MR) is 86.9 cm³/mol. The highest BCUT2D eigenvalue weighted by Gasteiger charge is 2.18. The topological polar surface area (TPSA) is 53.4 Å². The van der Waals surface area contributed by atoms with Gasteiger partial charge in [0.05, 0.1) is 0 Å². The van der Waals surface area contributed by atoms with Crippen LogP contribution >= 0.6 is 15.9 Å². The lowest BCUT2D eigenvalue weighted by Gasteiger charge is -2.21. The van der Waals surface area contributed by atoms with Gasteiger partial charge in [0, 0.05) is 23.8 Å². The van der Waals surface area contributed by atoms with E-state index in [4.69, 9.17) is 0 Å². The van der Waals surface area contributed by atoms with Crippen molar-refractivity contribution in [3.05, 3.63) is 57.2 Å². The zero-order valence-corrected chi connectivity index (χ0v) is 13.8. The Balaban J connectivity index is 2.36. The summed E-state index contributed by atoms with van der Waals surface area (Å²) in [6.07, 6.45) is 0. The minimum atomic E-state index is -0.947. The van der Waals surface area contributed by atoms with Crippen LogP contribution in [0.4, 0.5) is 5.82 Å². The summed E-state index contributed by atoms with van der Waals surface area (Å²) in [5.41, 5.74) is 2.90. The van der Waals surface area contributed by atoms with Crippen LogP contribution in [0.25, 0.3) is 0 Å². The maximum absolute atomic E-state index is 11.5. The Morgan fingerprint density at radius 2 is 1.90 bits per heavy atom. The van der Waals surface area contributed by atoms with Crippen LogP contribution in [0.2, 0.25) is 0 Å². The zero-order chi connectivity index (χ0) is 15.6. The monoisotopic (exact) mass is 348 g/mol. The molecule has 1 aromatic heterocycles. The Labute approximate surface area is 132 Å². The number of nitrogens with zero attached hydrogens (tertiary/aromatic N) is 2. The molecule has 0 aliphatic carbocycles. The number of rotatable bonds is 4. The highest BCUT2D eigenvalue weighted by Crippen LogP contribution is 2.23. The van der Waals surface area contributed by atoms with Gasteiger partial charge in [0.25, 0.3) is 0 Å². The zero-order valence-electron chi connectivity index (χ0n) is 12.2. The van der Waals surface area contributed by atoms with Gasteiger partial charge in [-0.3, -0.25) is 0 Å². The van der Waals surface area contributed by atoms with Gasteiger partial charge in [-0.1, -0.05) is 28.1 Å². The largest absolute Gasteiger partial charge is 0.478 e. The second-order valence-electron chi connectivity index (χ2n) is 5.07. The van der Waals surface area contributed by atoms with Crippen LogP contribution in [0.1, 0.15) is 27.2 Å². The third-order valence-electron chi connectivity index (χ3n) is 3.23. The van der Waals surface area contributed by atoms with Gasteiger partial charge in [-0.15, -0.1) is 0 Å². The first-order valence-electron chi connectivity index (χ1n) is 6.55. The molecule has 0 saturated carbocycles. The molecule has 1 aromatic carbocycles. The lowest BCUT2D eigenvalue weighted by atomic mass is 10.1. The van der Waals surface area contributed by atoms with Gasteiger partial charge in [-0.2, -0.15) is 0 Å². The van der Waals surface area contributed by atoms with Crippen LogP contribution in [0.5, 0.6) is 0 Å². The molecule has 110 valence electrons. The Morgan fingerprint density at radius 1 is 1.29 bits per heavy atom. The van der Waals surface area contributed by atoms with Gasteiger partial charge in [0.2, 0.25) is 0 Å². The third kappa shape index (κ3) is 3.61. The number of hydrogen-bond donors (Lipinski definition) is 1. The molecule has 0 radical (unpaired) electrons. The van der Waals surface area contributed by atoms with E-state index in [9.17, 15) is 9.90 Å². The number of carboxylic acid groups (broad SMARTS) is 1. The van der Waals surface area contributed by atoms with Gasteiger partial charge in [0.1, 0.15) is 11.4 Å². The van der Waals surface area contributed by atoms with Gasteiger partial charge in [0.15, 0.2) is 0 Å². The van der Waals surface area contributed by atoms with Crippen LogP contribution in [0.15, 0.2) is 34.8 Å². The van der Waals surface area contributed by atoms with Crippen molar-refractivity contribution in [3.63, 3.8) is 0 Å². The number of aromatic carboxylic acids is 1. The SMILES string of the molecule is Cc1cc(C)c(C(=O)O)c(N(C)Cc2ccc(Br)cc2)n1. The van der Waals surface area contributed by atoms with Crippen molar-refractivity contribution < 1.29 is 9.90 Å². The number of pyridine rings is 1. The lowest BCUT2D eigenvalue weighted by molar-refractivity contribution is 0.0696. The Kier molecular flexibility index (Phi) is 4.63. The number of carboxylic acids is 1. The maximum atomic E-state index is 11.5. The number of carbonyl (C=O) groups is 1. The molecule has 4 nitrogen and oxygen atoms in total. The first-order valence-corrected chi connectivity index (χ1v) is 7.35. The van der Waals surface area contributed by atoms with Gasteiger partial charge >= 0.3 is 5.97 Å². The highest BCUT2D eigenvalue weighted by molar-refractivity contribution is 9.10. The Morgan fingerprint density at radius 3 is 2.48 bits per heavy atom. The van der Waals surface area contributed by atoms with Gasteiger partial charge < -0.3 is 10.0 Å². The number of aryl methyl sites for hydroxylation is 2. The molecule has 1 N–H and O–H groups in total. The fraction of sp³-hybridized carbons (Fsp3) is 0.250. The molecule has 2 rings (SSSR count). The number of anilines is 1. The first-order chi connectivity index (χ1) is 9.88. The van der Waals surface area contributed by atoms with Crippen molar-refractivity contribution >= 4 is 27.7 Å². The normalized spacial score (nSPS) is 10.5. The maximum Gasteiger partial charge on any atom is 0.339 e. The molecule has 0 spiro atoms. The fourth-order valence-electron chi connectivity index (χ4n) is 2.30. The van der Waals surface area contributed by atoms with E-state index in [-0.39, 0.29) is 5.56 Å². The highest BCUT2D eigenvalue weighted by atomic mass is 79.9. The van der Waals surface area contributed by atoms with Crippen molar-refractivity contribution in [2.45, 2.75) is 20.4 Å². The second-order valence-corrected chi connectivity index (χ2v) is 5.98. The summed E-state index contributed by atoms with van der Waals surface area (Å²) in [6, 6.07) is 9.74. The summed E-state index contributed by atoms with van der Waals surface area (Å²) in [5.74, 6) is -0.444. The molecule has 0 amide bonds. The van der Waals surface area contributed by atoms with Crippen molar-refractivity contribution in [2.24, 2.45) is 0 Å². The van der Waals surface area contributed by atoms with Crippen molar-refractivity contribution in [2.75, 3.05) is 11.9 Å². The van der Waals surface area contributed by atoms with Crippen LogP contribution < -0.4 is 4.90 Å². The minimum absolute atomic E-state index is 0.264. The van der Waals surface area contributed by atoms with E-state index in [0.29, 0.717) is 12.4 Å². The molecular weight excluding hydrogens is 332 g/mol. The lowest BCUT2D eigenvalue weighted by Crippen LogP contribution is -2.22. The molecule has 0 bridgehead atoms. The number of hydrogen-bond acceptors (Lipinski definition) is 3. The van der Waals surface area contributed by atoms with E-state index in [2.05, 4.69) is 20.9 Å². The molecule has 0 saturated heterocycles. The smallest absolute Gasteiger partial charge is 0.339 e. The summed E-state index contributed by atoms with van der Waals surface area (Å²) in [5, 5.41) is 9.42. The van der Waals surface area contributed by atoms with Gasteiger partial charge in [-0.25, -0.2) is 9.78 Å². The van der Waals surface area contributed by atoms with Crippen LogP contribution in [0.3, 0.4) is 0 Å². The summed E-state index contributed by atoms with van der Waals surface area (Å²) in [6.45, 7) is 4.27. The molecule has 21 heavy (non-hydrogen) atoms. The quantitative estimate of drug-likeness (QED) is 0.912. The number of aromatic nitrogens is 1. The molecule has 2 aromatic rings. The van der Waals surface area contributed by atoms with E-state index in [1.165, 1.54) is 0 Å². The molecule has 5 heteroatoms. The van der Waals surface area contributed by atoms with E-state index in [0.717, 1.165) is 21.3 Å². The molecule has 0 atom stereocenters. The average Bonchev–Trinajstić information content (AvgIpc) is 2.39. The summed E-state index contributed by atoms with van der Waals surface area (Å²) < 4.78 is 1.02. The molecule has 0 aliphatic heterocycles. The van der Waals surface area contributed by atoms with Crippen LogP contribution in [-0.4, -0.2) is 23.1 Å². The predicted octanol–water partition coefficient (Wildman–Crippen LogP) is 3.80. The molecule has 0 aliphatic rings. The van der Waals surface area contributed by atoms with E-state index >= 15 is 0 Å². The minimum Gasteiger partial charge on any atom is -0.478 e. The molecule has 0 fully saturated rings. The fourth-order valence-corrected chi connectivity index (χ4v) is 2.56. The van der Waals surface area contributed by atoms with Crippen LogP contribution in [-0.2, 0) is 6.54 Å². The Hall–Kier alpha value is -1.88. The second kappa shape index (κ2) is 6.26. The molecular formula is C16H17BrN2O2.